The third-order valence-electron chi connectivity index (χ3n) is 3.36. The molecule has 4 nitrogen and oxygen atoms in total. The van der Waals surface area contributed by atoms with Gasteiger partial charge < -0.3 is 9.88 Å². The highest BCUT2D eigenvalue weighted by molar-refractivity contribution is 7.17. The van der Waals surface area contributed by atoms with Crippen LogP contribution < -0.4 is 5.32 Å². The van der Waals surface area contributed by atoms with E-state index in [2.05, 4.69) is 33.2 Å². The van der Waals surface area contributed by atoms with Crippen LogP contribution in [-0.2, 0) is 13.1 Å². The van der Waals surface area contributed by atoms with Crippen molar-refractivity contribution in [2.45, 2.75) is 26.4 Å². The molecule has 0 aliphatic carbocycles. The van der Waals surface area contributed by atoms with Crippen molar-refractivity contribution in [1.29, 1.82) is 0 Å². The van der Waals surface area contributed by atoms with Gasteiger partial charge in [-0.3, -0.25) is 9.78 Å². The highest BCUT2D eigenvalue weighted by Gasteiger charge is 2.15. The van der Waals surface area contributed by atoms with Crippen LogP contribution in [0.5, 0.6) is 0 Å². The molecule has 1 amide bonds. The molecule has 3 aromatic rings. The molecule has 0 aliphatic heterocycles. The molecule has 0 saturated heterocycles. The molecule has 0 aromatic carbocycles. The van der Waals surface area contributed by atoms with E-state index in [-0.39, 0.29) is 5.91 Å². The van der Waals surface area contributed by atoms with Gasteiger partial charge in [-0.15, -0.1) is 11.3 Å². The molecule has 3 aromatic heterocycles. The Morgan fingerprint density at radius 3 is 3.05 bits per heavy atom. The van der Waals surface area contributed by atoms with Crippen molar-refractivity contribution in [3.05, 3.63) is 53.3 Å². The molecule has 0 bridgehead atoms. The number of aryl methyl sites for hydroxylation is 1. The number of aromatic nitrogens is 2. The number of carbonyl (C=O) groups is 1. The molecule has 0 aliphatic rings. The van der Waals surface area contributed by atoms with Crippen LogP contribution in [0.3, 0.4) is 0 Å². The van der Waals surface area contributed by atoms with Crippen LogP contribution in [0.1, 0.15) is 29.5 Å². The van der Waals surface area contributed by atoms with Gasteiger partial charge in [-0.05, 0) is 36.1 Å². The Bertz CT molecular complexity index is 745. The largest absolute Gasteiger partial charge is 0.345 e. The fourth-order valence-corrected chi connectivity index (χ4v) is 3.22. The molecule has 0 spiro atoms. The van der Waals surface area contributed by atoms with Crippen molar-refractivity contribution in [3.8, 4) is 0 Å². The topological polar surface area (TPSA) is 46.9 Å². The van der Waals surface area contributed by atoms with Crippen LogP contribution in [-0.4, -0.2) is 15.5 Å². The van der Waals surface area contributed by atoms with E-state index >= 15 is 0 Å². The number of fused-ring (bicyclic) bond motifs is 1. The summed E-state index contributed by atoms with van der Waals surface area (Å²) in [6, 6.07) is 9.74. The normalized spacial score (nSPS) is 10.9. The SMILES string of the molecule is CCCn1c(C(=O)NCc2ccccn2)cc2sccc21. The quantitative estimate of drug-likeness (QED) is 0.784. The number of pyridine rings is 1. The molecule has 3 rings (SSSR count). The van der Waals surface area contributed by atoms with Crippen LogP contribution in [0.4, 0.5) is 0 Å². The summed E-state index contributed by atoms with van der Waals surface area (Å²) in [7, 11) is 0. The molecule has 0 fully saturated rings. The third-order valence-corrected chi connectivity index (χ3v) is 4.21. The Kier molecular flexibility index (Phi) is 4.01. The zero-order chi connectivity index (χ0) is 14.7. The number of hydrogen-bond donors (Lipinski definition) is 1. The Balaban J connectivity index is 1.80. The first-order chi connectivity index (χ1) is 10.3. The molecular weight excluding hydrogens is 282 g/mol. The monoisotopic (exact) mass is 299 g/mol. The van der Waals surface area contributed by atoms with E-state index in [1.54, 1.807) is 17.5 Å². The van der Waals surface area contributed by atoms with Crippen molar-refractivity contribution in [1.82, 2.24) is 14.9 Å². The average Bonchev–Trinajstić information content (AvgIpc) is 3.09. The lowest BCUT2D eigenvalue weighted by Gasteiger charge is -2.09. The van der Waals surface area contributed by atoms with Gasteiger partial charge >= 0.3 is 0 Å². The van der Waals surface area contributed by atoms with Gasteiger partial charge in [0, 0.05) is 12.7 Å². The van der Waals surface area contributed by atoms with Gasteiger partial charge in [-0.2, -0.15) is 0 Å². The maximum atomic E-state index is 12.4. The van der Waals surface area contributed by atoms with E-state index in [0.29, 0.717) is 6.54 Å². The summed E-state index contributed by atoms with van der Waals surface area (Å²) in [6.07, 6.45) is 2.73. The summed E-state index contributed by atoms with van der Waals surface area (Å²) in [6.45, 7) is 3.42. The minimum Gasteiger partial charge on any atom is -0.345 e. The average molecular weight is 299 g/mol. The zero-order valence-electron chi connectivity index (χ0n) is 11.9. The third kappa shape index (κ3) is 2.83. The highest BCUT2D eigenvalue weighted by atomic mass is 32.1. The molecule has 108 valence electrons. The number of hydrogen-bond acceptors (Lipinski definition) is 3. The fraction of sp³-hybridized carbons (Fsp3) is 0.250. The summed E-state index contributed by atoms with van der Waals surface area (Å²) in [5.74, 6) is -0.0440. The first kappa shape index (κ1) is 13.8. The van der Waals surface area contributed by atoms with Gasteiger partial charge in [0.15, 0.2) is 0 Å². The van der Waals surface area contributed by atoms with Crippen molar-refractivity contribution < 1.29 is 4.79 Å². The highest BCUT2D eigenvalue weighted by Crippen LogP contribution is 2.25. The predicted octanol–water partition coefficient (Wildman–Crippen LogP) is 3.44. The maximum absolute atomic E-state index is 12.4. The molecule has 0 saturated carbocycles. The number of carbonyl (C=O) groups excluding carboxylic acids is 1. The van der Waals surface area contributed by atoms with Crippen LogP contribution in [0.15, 0.2) is 41.9 Å². The minimum atomic E-state index is -0.0440. The zero-order valence-corrected chi connectivity index (χ0v) is 12.7. The summed E-state index contributed by atoms with van der Waals surface area (Å²) in [5.41, 5.74) is 2.74. The Hall–Kier alpha value is -2.14. The second kappa shape index (κ2) is 6.10. The van der Waals surface area contributed by atoms with Crippen LogP contribution in [0.2, 0.25) is 0 Å². The van der Waals surface area contributed by atoms with Gasteiger partial charge in [0.05, 0.1) is 22.5 Å². The van der Waals surface area contributed by atoms with Crippen LogP contribution in [0, 0.1) is 0 Å². The number of nitrogens with zero attached hydrogens (tertiary/aromatic N) is 2. The maximum Gasteiger partial charge on any atom is 0.268 e. The van der Waals surface area contributed by atoms with E-state index in [1.165, 1.54) is 0 Å². The standard InChI is InChI=1S/C16H17N3OS/c1-2-8-19-13-6-9-21-15(13)10-14(19)16(20)18-11-12-5-3-4-7-17-12/h3-7,9-10H,2,8,11H2,1H3,(H,18,20). The molecule has 5 heteroatoms. The minimum absolute atomic E-state index is 0.0440. The van der Waals surface area contributed by atoms with Gasteiger partial charge in [-0.1, -0.05) is 13.0 Å². The lowest BCUT2D eigenvalue weighted by molar-refractivity contribution is 0.0941. The number of rotatable bonds is 5. The molecule has 0 atom stereocenters. The van der Waals surface area contributed by atoms with E-state index in [9.17, 15) is 4.79 Å². The Morgan fingerprint density at radius 1 is 1.38 bits per heavy atom. The second-order valence-electron chi connectivity index (χ2n) is 4.86. The fourth-order valence-electron chi connectivity index (χ4n) is 2.39. The Morgan fingerprint density at radius 2 is 2.29 bits per heavy atom. The number of nitrogens with one attached hydrogen (secondary N) is 1. The number of amides is 1. The van der Waals surface area contributed by atoms with Crippen molar-refractivity contribution >= 4 is 27.5 Å². The molecule has 21 heavy (non-hydrogen) atoms. The first-order valence-electron chi connectivity index (χ1n) is 7.04. The van der Waals surface area contributed by atoms with E-state index in [0.717, 1.165) is 34.6 Å². The molecule has 1 N–H and O–H groups in total. The summed E-state index contributed by atoms with van der Waals surface area (Å²) >= 11 is 1.67. The summed E-state index contributed by atoms with van der Waals surface area (Å²) < 4.78 is 3.26. The molecule has 3 heterocycles. The molecule has 0 radical (unpaired) electrons. The van der Waals surface area contributed by atoms with Crippen molar-refractivity contribution in [3.63, 3.8) is 0 Å². The van der Waals surface area contributed by atoms with Crippen molar-refractivity contribution in [2.75, 3.05) is 0 Å². The Labute approximate surface area is 127 Å². The lowest BCUT2D eigenvalue weighted by atomic mass is 10.3. The molecular formula is C16H17N3OS. The van der Waals surface area contributed by atoms with Gasteiger partial charge in [-0.25, -0.2) is 0 Å². The first-order valence-corrected chi connectivity index (χ1v) is 7.92. The summed E-state index contributed by atoms with van der Waals surface area (Å²) in [5, 5.41) is 5.01. The smallest absolute Gasteiger partial charge is 0.268 e. The second-order valence-corrected chi connectivity index (χ2v) is 5.80. The van der Waals surface area contributed by atoms with E-state index in [1.807, 2.05) is 24.3 Å². The summed E-state index contributed by atoms with van der Waals surface area (Å²) in [4.78, 5) is 16.6. The van der Waals surface area contributed by atoms with Gasteiger partial charge in [0.1, 0.15) is 5.69 Å². The lowest BCUT2D eigenvalue weighted by Crippen LogP contribution is -2.25. The van der Waals surface area contributed by atoms with E-state index in [4.69, 9.17) is 0 Å². The van der Waals surface area contributed by atoms with Gasteiger partial charge in [0.25, 0.3) is 5.91 Å². The van der Waals surface area contributed by atoms with Crippen LogP contribution in [0.25, 0.3) is 10.2 Å². The predicted molar refractivity (Wildman–Crippen MR) is 85.5 cm³/mol. The molecule has 0 unspecified atom stereocenters. The van der Waals surface area contributed by atoms with Crippen molar-refractivity contribution in [2.24, 2.45) is 0 Å². The van der Waals surface area contributed by atoms with E-state index < -0.39 is 0 Å². The number of thiophene rings is 1. The van der Waals surface area contributed by atoms with Gasteiger partial charge in [0.2, 0.25) is 0 Å². The van der Waals surface area contributed by atoms with Crippen LogP contribution >= 0.6 is 11.3 Å².